The molecule has 0 aliphatic rings. The third-order valence-electron chi connectivity index (χ3n) is 2.31. The first kappa shape index (κ1) is 12.9. The zero-order valence-electron chi connectivity index (χ0n) is 9.61. The summed E-state index contributed by atoms with van der Waals surface area (Å²) in [6, 6.07) is 6.42. The van der Waals surface area contributed by atoms with Gasteiger partial charge in [0.2, 0.25) is 0 Å². The first-order valence-corrected chi connectivity index (χ1v) is 6.94. The van der Waals surface area contributed by atoms with Crippen LogP contribution in [0.15, 0.2) is 22.4 Å². The van der Waals surface area contributed by atoms with Crippen molar-refractivity contribution in [1.82, 2.24) is 4.98 Å². The number of hydrogen-bond acceptors (Lipinski definition) is 5. The minimum absolute atomic E-state index is 0.333. The van der Waals surface area contributed by atoms with Gasteiger partial charge in [0.15, 0.2) is 5.13 Å². The Balaban J connectivity index is 2.11. The number of nitrogens with zero attached hydrogens (tertiary/aromatic N) is 2. The van der Waals surface area contributed by atoms with Crippen molar-refractivity contribution in [1.29, 1.82) is 5.26 Å². The van der Waals surface area contributed by atoms with Crippen LogP contribution in [0.4, 0.5) is 9.52 Å². The van der Waals surface area contributed by atoms with E-state index in [1.807, 2.05) is 13.0 Å². The van der Waals surface area contributed by atoms with E-state index in [0.29, 0.717) is 22.0 Å². The summed E-state index contributed by atoms with van der Waals surface area (Å²) in [6.07, 6.45) is 0. The average molecular weight is 279 g/mol. The van der Waals surface area contributed by atoms with E-state index in [1.165, 1.54) is 29.2 Å². The Morgan fingerprint density at radius 2 is 2.33 bits per heavy atom. The normalized spacial score (nSPS) is 10.3. The van der Waals surface area contributed by atoms with E-state index in [2.05, 4.69) is 4.98 Å². The van der Waals surface area contributed by atoms with E-state index in [-0.39, 0.29) is 5.82 Å². The number of nitrogens with two attached hydrogens (primary N) is 1. The molecule has 2 aromatic rings. The van der Waals surface area contributed by atoms with Gasteiger partial charge in [0.25, 0.3) is 0 Å². The van der Waals surface area contributed by atoms with Gasteiger partial charge < -0.3 is 5.73 Å². The highest BCUT2D eigenvalue weighted by atomic mass is 32.2. The Labute approximate surface area is 112 Å². The third-order valence-corrected chi connectivity index (χ3v) is 4.71. The first-order chi connectivity index (χ1) is 8.60. The van der Waals surface area contributed by atoms with Crippen LogP contribution in [0.3, 0.4) is 0 Å². The zero-order valence-corrected chi connectivity index (χ0v) is 11.2. The quantitative estimate of drug-likeness (QED) is 0.875. The monoisotopic (exact) mass is 279 g/mol. The molecule has 0 aliphatic heterocycles. The topological polar surface area (TPSA) is 62.7 Å². The number of rotatable bonds is 3. The van der Waals surface area contributed by atoms with Crippen LogP contribution in [0, 0.1) is 24.1 Å². The van der Waals surface area contributed by atoms with E-state index in [0.717, 1.165) is 9.90 Å². The van der Waals surface area contributed by atoms with Crippen molar-refractivity contribution < 1.29 is 4.39 Å². The van der Waals surface area contributed by atoms with Gasteiger partial charge in [0.1, 0.15) is 5.82 Å². The lowest BCUT2D eigenvalue weighted by molar-refractivity contribution is 0.617. The number of anilines is 1. The van der Waals surface area contributed by atoms with Crippen molar-refractivity contribution in [2.45, 2.75) is 16.9 Å². The molecule has 1 heterocycles. The Hall–Kier alpha value is -1.58. The fraction of sp³-hybridized carbons (Fsp3) is 0.167. The van der Waals surface area contributed by atoms with E-state index >= 15 is 0 Å². The highest BCUT2D eigenvalue weighted by Gasteiger charge is 2.09. The number of nitrogen functional groups attached to an aromatic ring is 1. The summed E-state index contributed by atoms with van der Waals surface area (Å²) in [4.78, 5) is 4.11. The lowest BCUT2D eigenvalue weighted by Gasteiger charge is -2.02. The van der Waals surface area contributed by atoms with Crippen LogP contribution in [-0.4, -0.2) is 4.98 Å². The summed E-state index contributed by atoms with van der Waals surface area (Å²) in [7, 11) is 0. The SMILES string of the molecule is Cc1nc(N)sc1SCc1ccc(C#N)cc1F. The summed E-state index contributed by atoms with van der Waals surface area (Å²) >= 11 is 2.90. The van der Waals surface area contributed by atoms with Crippen LogP contribution in [0.1, 0.15) is 16.8 Å². The van der Waals surface area contributed by atoms with Crippen molar-refractivity contribution in [3.05, 3.63) is 40.8 Å². The van der Waals surface area contributed by atoms with Gasteiger partial charge in [-0.3, -0.25) is 0 Å². The predicted molar refractivity (Wildman–Crippen MR) is 71.9 cm³/mol. The molecule has 2 rings (SSSR count). The molecule has 92 valence electrons. The van der Waals surface area contributed by atoms with Gasteiger partial charge in [-0.05, 0) is 24.6 Å². The summed E-state index contributed by atoms with van der Waals surface area (Å²) in [5, 5.41) is 9.18. The number of benzene rings is 1. The molecule has 6 heteroatoms. The van der Waals surface area contributed by atoms with Crippen molar-refractivity contribution in [2.24, 2.45) is 0 Å². The molecule has 0 unspecified atom stereocenters. The third kappa shape index (κ3) is 2.81. The molecule has 2 N–H and O–H groups in total. The molecule has 0 spiro atoms. The second kappa shape index (κ2) is 5.38. The fourth-order valence-corrected chi connectivity index (χ4v) is 3.42. The summed E-state index contributed by atoms with van der Waals surface area (Å²) in [5.74, 6) is 0.150. The lowest BCUT2D eigenvalue weighted by atomic mass is 10.1. The van der Waals surface area contributed by atoms with E-state index < -0.39 is 0 Å². The largest absolute Gasteiger partial charge is 0.375 e. The van der Waals surface area contributed by atoms with Crippen LogP contribution in [-0.2, 0) is 5.75 Å². The minimum Gasteiger partial charge on any atom is -0.375 e. The molecule has 0 radical (unpaired) electrons. The van der Waals surface area contributed by atoms with Crippen LogP contribution < -0.4 is 5.73 Å². The van der Waals surface area contributed by atoms with E-state index in [9.17, 15) is 4.39 Å². The molecular weight excluding hydrogens is 269 g/mol. The van der Waals surface area contributed by atoms with Crippen molar-refractivity contribution in [3.63, 3.8) is 0 Å². The van der Waals surface area contributed by atoms with Crippen molar-refractivity contribution >= 4 is 28.2 Å². The highest BCUT2D eigenvalue weighted by Crippen LogP contribution is 2.33. The Morgan fingerprint density at radius 1 is 1.56 bits per heavy atom. The first-order valence-electron chi connectivity index (χ1n) is 5.14. The van der Waals surface area contributed by atoms with Gasteiger partial charge in [-0.15, -0.1) is 11.8 Å². The minimum atomic E-state index is -0.350. The second-order valence-electron chi connectivity index (χ2n) is 3.63. The number of hydrogen-bond donors (Lipinski definition) is 1. The highest BCUT2D eigenvalue weighted by molar-refractivity contribution is 8.00. The maximum Gasteiger partial charge on any atom is 0.181 e. The standard InChI is InChI=1S/C12H10FN3S2/c1-7-11(18-12(15)16-7)17-6-9-3-2-8(5-14)4-10(9)13/h2-4H,6H2,1H3,(H2,15,16). The number of thioether (sulfide) groups is 1. The summed E-state index contributed by atoms with van der Waals surface area (Å²) in [6.45, 7) is 1.88. The number of thiazole rings is 1. The maximum atomic E-state index is 13.6. The van der Waals surface area contributed by atoms with Gasteiger partial charge in [0.05, 0.1) is 21.5 Å². The number of halogens is 1. The molecule has 1 aromatic carbocycles. The van der Waals surface area contributed by atoms with Crippen LogP contribution >= 0.6 is 23.1 Å². The van der Waals surface area contributed by atoms with Gasteiger partial charge >= 0.3 is 0 Å². The number of nitriles is 1. The molecule has 0 aliphatic carbocycles. The molecule has 0 saturated heterocycles. The van der Waals surface area contributed by atoms with Crippen LogP contribution in [0.25, 0.3) is 0 Å². The molecule has 0 fully saturated rings. The van der Waals surface area contributed by atoms with Crippen LogP contribution in [0.5, 0.6) is 0 Å². The van der Waals surface area contributed by atoms with Crippen molar-refractivity contribution in [2.75, 3.05) is 5.73 Å². The molecule has 1 aromatic heterocycles. The molecule has 0 amide bonds. The average Bonchev–Trinajstić information content (AvgIpc) is 2.66. The molecule has 0 saturated carbocycles. The lowest BCUT2D eigenvalue weighted by Crippen LogP contribution is -1.89. The molecule has 3 nitrogen and oxygen atoms in total. The zero-order chi connectivity index (χ0) is 13.1. The maximum absolute atomic E-state index is 13.6. The predicted octanol–water partition coefficient (Wildman–Crippen LogP) is 3.34. The Kier molecular flexibility index (Phi) is 3.84. The van der Waals surface area contributed by atoms with Crippen molar-refractivity contribution in [3.8, 4) is 6.07 Å². The number of aryl methyl sites for hydroxylation is 1. The number of aromatic nitrogens is 1. The fourth-order valence-electron chi connectivity index (χ4n) is 1.41. The van der Waals surface area contributed by atoms with Gasteiger partial charge in [-0.25, -0.2) is 9.37 Å². The molecule has 0 atom stereocenters. The van der Waals surface area contributed by atoms with E-state index in [1.54, 1.807) is 12.1 Å². The van der Waals surface area contributed by atoms with Gasteiger partial charge in [0, 0.05) is 5.75 Å². The smallest absolute Gasteiger partial charge is 0.181 e. The molecule has 0 bridgehead atoms. The van der Waals surface area contributed by atoms with Gasteiger partial charge in [-0.2, -0.15) is 5.26 Å². The second-order valence-corrected chi connectivity index (χ2v) is 5.91. The molecular formula is C12H10FN3S2. The molecule has 18 heavy (non-hydrogen) atoms. The summed E-state index contributed by atoms with van der Waals surface area (Å²) < 4.78 is 14.6. The Bertz CT molecular complexity index is 616. The summed E-state index contributed by atoms with van der Waals surface area (Å²) in [5.41, 5.74) is 7.38. The van der Waals surface area contributed by atoms with E-state index in [4.69, 9.17) is 11.0 Å². The van der Waals surface area contributed by atoms with Crippen LogP contribution in [0.2, 0.25) is 0 Å². The van der Waals surface area contributed by atoms with Gasteiger partial charge in [-0.1, -0.05) is 17.4 Å². The Morgan fingerprint density at radius 3 is 2.89 bits per heavy atom.